The Labute approximate surface area is 106 Å². The monoisotopic (exact) mass is 248 g/mol. The van der Waals surface area contributed by atoms with Crippen LogP contribution in [0.3, 0.4) is 0 Å². The first-order valence-corrected chi connectivity index (χ1v) is 6.50. The summed E-state index contributed by atoms with van der Waals surface area (Å²) in [7, 11) is 0. The highest BCUT2D eigenvalue weighted by Gasteiger charge is 2.10. The number of hydrogen-bond donors (Lipinski definition) is 1. The van der Waals surface area contributed by atoms with Gasteiger partial charge >= 0.3 is 0 Å². The van der Waals surface area contributed by atoms with E-state index in [1.807, 2.05) is 18.2 Å². The molecule has 3 nitrogen and oxygen atoms in total. The summed E-state index contributed by atoms with van der Waals surface area (Å²) in [4.78, 5) is 12.8. The topological polar surface area (TPSA) is 52.9 Å². The molecule has 0 aliphatic rings. The van der Waals surface area contributed by atoms with Crippen LogP contribution in [-0.4, -0.2) is 18.2 Å². The summed E-state index contributed by atoms with van der Waals surface area (Å²) >= 11 is 1.39. The number of thioether (sulfide) groups is 1. The second kappa shape index (κ2) is 6.97. The Balaban J connectivity index is 2.75. The van der Waals surface area contributed by atoms with E-state index >= 15 is 0 Å². The van der Waals surface area contributed by atoms with E-state index in [0.717, 1.165) is 4.90 Å². The Kier molecular flexibility index (Phi) is 5.58. The first-order valence-electron chi connectivity index (χ1n) is 5.52. The van der Waals surface area contributed by atoms with E-state index in [0.29, 0.717) is 23.8 Å². The number of hydrogen-bond acceptors (Lipinski definition) is 3. The van der Waals surface area contributed by atoms with Crippen LogP contribution in [0.2, 0.25) is 0 Å². The minimum Gasteiger partial charge on any atom is -0.352 e. The molecular weight excluding hydrogens is 232 g/mol. The SMILES string of the molecule is CC(C)CNC(=O)c1ccccc1SCC#N. The number of rotatable bonds is 5. The van der Waals surface area contributed by atoms with E-state index in [2.05, 4.69) is 25.2 Å². The van der Waals surface area contributed by atoms with Crippen molar-refractivity contribution in [1.82, 2.24) is 5.32 Å². The summed E-state index contributed by atoms with van der Waals surface area (Å²) in [5, 5.41) is 11.4. The molecule has 90 valence electrons. The minimum atomic E-state index is -0.0697. The standard InChI is InChI=1S/C13H16N2OS/c1-10(2)9-15-13(16)11-5-3-4-6-12(11)17-8-7-14/h3-6,10H,8-9H2,1-2H3,(H,15,16). The van der Waals surface area contributed by atoms with Gasteiger partial charge in [-0.05, 0) is 18.1 Å². The molecule has 1 aromatic carbocycles. The molecule has 0 atom stereocenters. The quantitative estimate of drug-likeness (QED) is 0.815. The zero-order valence-electron chi connectivity index (χ0n) is 10.1. The zero-order chi connectivity index (χ0) is 12.7. The van der Waals surface area contributed by atoms with Gasteiger partial charge < -0.3 is 5.32 Å². The molecule has 0 aliphatic heterocycles. The molecule has 4 heteroatoms. The van der Waals surface area contributed by atoms with Crippen molar-refractivity contribution in [2.45, 2.75) is 18.7 Å². The van der Waals surface area contributed by atoms with E-state index < -0.39 is 0 Å². The van der Waals surface area contributed by atoms with Crippen molar-refractivity contribution < 1.29 is 4.79 Å². The van der Waals surface area contributed by atoms with E-state index in [1.54, 1.807) is 6.07 Å². The Morgan fingerprint density at radius 1 is 1.47 bits per heavy atom. The van der Waals surface area contributed by atoms with Crippen molar-refractivity contribution >= 4 is 17.7 Å². The van der Waals surface area contributed by atoms with Crippen LogP contribution in [-0.2, 0) is 0 Å². The molecule has 0 unspecified atom stereocenters. The molecule has 1 amide bonds. The predicted molar refractivity (Wildman–Crippen MR) is 70.0 cm³/mol. The maximum Gasteiger partial charge on any atom is 0.252 e. The van der Waals surface area contributed by atoms with Gasteiger partial charge in [-0.25, -0.2) is 0 Å². The Bertz CT molecular complexity index is 424. The predicted octanol–water partition coefficient (Wildman–Crippen LogP) is 2.69. The molecule has 1 N–H and O–H groups in total. The fourth-order valence-corrected chi connectivity index (χ4v) is 1.99. The molecule has 0 saturated heterocycles. The van der Waals surface area contributed by atoms with Gasteiger partial charge in [0.25, 0.3) is 5.91 Å². The molecule has 0 radical (unpaired) electrons. The van der Waals surface area contributed by atoms with Crippen LogP contribution >= 0.6 is 11.8 Å². The first-order chi connectivity index (χ1) is 8.15. The highest BCUT2D eigenvalue weighted by atomic mass is 32.2. The third kappa shape index (κ3) is 4.49. The van der Waals surface area contributed by atoms with Crippen LogP contribution in [0, 0.1) is 17.2 Å². The van der Waals surface area contributed by atoms with Crippen molar-refractivity contribution in [2.24, 2.45) is 5.92 Å². The van der Waals surface area contributed by atoms with E-state index in [4.69, 9.17) is 5.26 Å². The molecular formula is C13H16N2OS. The summed E-state index contributed by atoms with van der Waals surface area (Å²) in [6.07, 6.45) is 0. The Morgan fingerprint density at radius 3 is 2.82 bits per heavy atom. The van der Waals surface area contributed by atoms with Gasteiger partial charge in [-0.3, -0.25) is 4.79 Å². The van der Waals surface area contributed by atoms with Crippen LogP contribution in [0.25, 0.3) is 0 Å². The van der Waals surface area contributed by atoms with Gasteiger partial charge in [0.15, 0.2) is 0 Å². The van der Waals surface area contributed by atoms with Gasteiger partial charge in [0.1, 0.15) is 0 Å². The lowest BCUT2D eigenvalue weighted by Gasteiger charge is -2.10. The Hall–Kier alpha value is -1.47. The maximum absolute atomic E-state index is 11.9. The summed E-state index contributed by atoms with van der Waals surface area (Å²) in [5.41, 5.74) is 0.647. The van der Waals surface area contributed by atoms with Crippen molar-refractivity contribution in [2.75, 3.05) is 12.3 Å². The van der Waals surface area contributed by atoms with Crippen LogP contribution in [0.15, 0.2) is 29.2 Å². The molecule has 1 aromatic rings. The second-order valence-electron chi connectivity index (χ2n) is 4.05. The third-order valence-corrected chi connectivity index (χ3v) is 3.04. The lowest BCUT2D eigenvalue weighted by molar-refractivity contribution is 0.0946. The fourth-order valence-electron chi connectivity index (χ4n) is 1.28. The number of nitriles is 1. The van der Waals surface area contributed by atoms with E-state index in [1.165, 1.54) is 11.8 Å². The highest BCUT2D eigenvalue weighted by molar-refractivity contribution is 7.99. The summed E-state index contributed by atoms with van der Waals surface area (Å²) in [6, 6.07) is 9.43. The van der Waals surface area contributed by atoms with Gasteiger partial charge in [0.2, 0.25) is 0 Å². The summed E-state index contributed by atoms with van der Waals surface area (Å²) in [5.74, 6) is 0.715. The summed E-state index contributed by atoms with van der Waals surface area (Å²) < 4.78 is 0. The van der Waals surface area contributed by atoms with Crippen molar-refractivity contribution in [1.29, 1.82) is 5.26 Å². The largest absolute Gasteiger partial charge is 0.352 e. The molecule has 0 aliphatic carbocycles. The lowest BCUT2D eigenvalue weighted by Crippen LogP contribution is -2.27. The van der Waals surface area contributed by atoms with Crippen LogP contribution < -0.4 is 5.32 Å². The average Bonchev–Trinajstić information content (AvgIpc) is 2.33. The van der Waals surface area contributed by atoms with Gasteiger partial charge in [0.05, 0.1) is 17.4 Å². The fraction of sp³-hybridized carbons (Fsp3) is 0.385. The number of benzene rings is 1. The van der Waals surface area contributed by atoms with Gasteiger partial charge in [-0.15, -0.1) is 11.8 Å². The molecule has 0 heterocycles. The normalized spacial score (nSPS) is 10.0. The van der Waals surface area contributed by atoms with Gasteiger partial charge in [-0.2, -0.15) is 5.26 Å². The number of amides is 1. The molecule has 0 aromatic heterocycles. The van der Waals surface area contributed by atoms with E-state index in [-0.39, 0.29) is 5.91 Å². The van der Waals surface area contributed by atoms with Crippen LogP contribution in [0.1, 0.15) is 24.2 Å². The Morgan fingerprint density at radius 2 is 2.18 bits per heavy atom. The highest BCUT2D eigenvalue weighted by Crippen LogP contribution is 2.22. The van der Waals surface area contributed by atoms with Crippen LogP contribution in [0.4, 0.5) is 0 Å². The molecule has 1 rings (SSSR count). The molecule has 0 spiro atoms. The van der Waals surface area contributed by atoms with Crippen molar-refractivity contribution in [3.05, 3.63) is 29.8 Å². The maximum atomic E-state index is 11.9. The third-order valence-electron chi connectivity index (χ3n) is 2.09. The average molecular weight is 248 g/mol. The minimum absolute atomic E-state index is 0.0697. The molecule has 0 fully saturated rings. The van der Waals surface area contributed by atoms with Crippen molar-refractivity contribution in [3.8, 4) is 6.07 Å². The van der Waals surface area contributed by atoms with Crippen molar-refractivity contribution in [3.63, 3.8) is 0 Å². The first kappa shape index (κ1) is 13.6. The second-order valence-corrected chi connectivity index (χ2v) is 5.06. The molecule has 0 saturated carbocycles. The van der Waals surface area contributed by atoms with E-state index in [9.17, 15) is 4.79 Å². The molecule has 17 heavy (non-hydrogen) atoms. The van der Waals surface area contributed by atoms with Gasteiger partial charge in [-0.1, -0.05) is 26.0 Å². The number of carbonyl (C=O) groups is 1. The lowest BCUT2D eigenvalue weighted by atomic mass is 10.2. The zero-order valence-corrected chi connectivity index (χ0v) is 10.9. The van der Waals surface area contributed by atoms with Crippen LogP contribution in [0.5, 0.6) is 0 Å². The number of nitrogens with one attached hydrogen (secondary N) is 1. The molecule has 0 bridgehead atoms. The number of nitrogens with zero attached hydrogens (tertiary/aromatic N) is 1. The van der Waals surface area contributed by atoms with Gasteiger partial charge in [0, 0.05) is 11.4 Å². The smallest absolute Gasteiger partial charge is 0.252 e. The summed E-state index contributed by atoms with van der Waals surface area (Å²) in [6.45, 7) is 4.77. The number of carbonyl (C=O) groups excluding carboxylic acids is 1.